The molecule has 0 bridgehead atoms. The van der Waals surface area contributed by atoms with Gasteiger partial charge < -0.3 is 19.7 Å². The van der Waals surface area contributed by atoms with Gasteiger partial charge in [0.05, 0.1) is 13.2 Å². The molecule has 0 spiro atoms. The number of nitrogens with zero attached hydrogens (tertiary/aromatic N) is 1. The molecular formula is C17H30N2O3. The fraction of sp³-hybridized carbons (Fsp3) is 0.941. The van der Waals surface area contributed by atoms with Crippen molar-refractivity contribution in [1.82, 2.24) is 10.2 Å². The molecular weight excluding hydrogens is 280 g/mol. The molecule has 0 radical (unpaired) electrons. The van der Waals surface area contributed by atoms with Crippen LogP contribution >= 0.6 is 0 Å². The van der Waals surface area contributed by atoms with Crippen LogP contribution in [0.4, 0.5) is 4.79 Å². The zero-order valence-electron chi connectivity index (χ0n) is 14.0. The number of hydrogen-bond acceptors (Lipinski definition) is 3. The minimum Gasteiger partial charge on any atom is -0.347 e. The van der Waals surface area contributed by atoms with Crippen molar-refractivity contribution in [3.63, 3.8) is 0 Å². The Morgan fingerprint density at radius 3 is 2.55 bits per heavy atom. The Balaban J connectivity index is 1.51. The minimum absolute atomic E-state index is 0.0828. The van der Waals surface area contributed by atoms with Crippen molar-refractivity contribution in [3.8, 4) is 0 Å². The highest BCUT2D eigenvalue weighted by molar-refractivity contribution is 5.74. The van der Waals surface area contributed by atoms with E-state index in [1.54, 1.807) is 0 Å². The molecule has 5 heteroatoms. The van der Waals surface area contributed by atoms with Crippen LogP contribution in [-0.2, 0) is 9.47 Å². The molecule has 2 heterocycles. The molecule has 0 aromatic heterocycles. The largest absolute Gasteiger partial charge is 0.347 e. The number of nitrogens with one attached hydrogen (secondary N) is 1. The van der Waals surface area contributed by atoms with E-state index >= 15 is 0 Å². The van der Waals surface area contributed by atoms with Gasteiger partial charge in [0.2, 0.25) is 0 Å². The maximum Gasteiger partial charge on any atom is 0.317 e. The monoisotopic (exact) mass is 310 g/mol. The molecule has 2 aliphatic heterocycles. The van der Waals surface area contributed by atoms with Crippen molar-refractivity contribution < 1.29 is 14.3 Å². The molecule has 0 unspecified atom stereocenters. The van der Waals surface area contributed by atoms with E-state index in [9.17, 15) is 4.79 Å². The maximum absolute atomic E-state index is 12.5. The van der Waals surface area contributed by atoms with E-state index in [4.69, 9.17) is 9.47 Å². The van der Waals surface area contributed by atoms with Crippen molar-refractivity contribution in [3.05, 3.63) is 0 Å². The van der Waals surface area contributed by atoms with Gasteiger partial charge in [0.15, 0.2) is 5.79 Å². The Morgan fingerprint density at radius 2 is 1.86 bits per heavy atom. The lowest BCUT2D eigenvalue weighted by Crippen LogP contribution is -2.52. The standard InChI is InChI=1S/C17H30N2O3/c1-16(7-3-4-8-16)13-18-15(20)19-9-5-6-14(12-19)17(2)21-10-11-22-17/h14H,3-13H2,1-2H3,(H,18,20)/t14-/m0/s1. The van der Waals surface area contributed by atoms with E-state index in [1.165, 1.54) is 25.7 Å². The number of amides is 2. The lowest BCUT2D eigenvalue weighted by molar-refractivity contribution is -0.189. The van der Waals surface area contributed by atoms with Crippen LogP contribution in [0.1, 0.15) is 52.4 Å². The smallest absolute Gasteiger partial charge is 0.317 e. The first-order valence-electron chi connectivity index (χ1n) is 8.82. The van der Waals surface area contributed by atoms with Crippen molar-refractivity contribution >= 4 is 6.03 Å². The Morgan fingerprint density at radius 1 is 1.18 bits per heavy atom. The van der Waals surface area contributed by atoms with Crippen LogP contribution in [-0.4, -0.2) is 49.6 Å². The van der Waals surface area contributed by atoms with Gasteiger partial charge in [0, 0.05) is 25.6 Å². The average Bonchev–Trinajstić information content (AvgIpc) is 3.15. The number of piperidine rings is 1. The summed E-state index contributed by atoms with van der Waals surface area (Å²) >= 11 is 0. The first-order valence-corrected chi connectivity index (χ1v) is 8.82. The highest BCUT2D eigenvalue weighted by atomic mass is 16.7. The van der Waals surface area contributed by atoms with Gasteiger partial charge in [-0.25, -0.2) is 4.79 Å². The number of carbonyl (C=O) groups is 1. The molecule has 2 amide bonds. The van der Waals surface area contributed by atoms with Crippen LogP contribution in [0.5, 0.6) is 0 Å². The zero-order valence-corrected chi connectivity index (χ0v) is 14.0. The fourth-order valence-electron chi connectivity index (χ4n) is 4.16. The Bertz CT molecular complexity index is 401. The molecule has 1 atom stereocenters. The number of ether oxygens (including phenoxy) is 2. The second-order valence-corrected chi connectivity index (χ2v) is 7.67. The Hall–Kier alpha value is -0.810. The van der Waals surface area contributed by atoms with Crippen molar-refractivity contribution in [2.45, 2.75) is 58.2 Å². The van der Waals surface area contributed by atoms with Crippen molar-refractivity contribution in [2.24, 2.45) is 11.3 Å². The van der Waals surface area contributed by atoms with Crippen molar-refractivity contribution in [1.29, 1.82) is 0 Å². The van der Waals surface area contributed by atoms with E-state index < -0.39 is 5.79 Å². The Labute approximate surface area is 133 Å². The average molecular weight is 310 g/mol. The molecule has 126 valence electrons. The minimum atomic E-state index is -0.504. The van der Waals surface area contributed by atoms with Crippen LogP contribution in [0.25, 0.3) is 0 Å². The van der Waals surface area contributed by atoms with Gasteiger partial charge in [-0.05, 0) is 38.0 Å². The Kier molecular flexibility index (Phi) is 4.64. The van der Waals surface area contributed by atoms with E-state index in [0.29, 0.717) is 18.6 Å². The molecule has 0 aromatic carbocycles. The van der Waals surface area contributed by atoms with E-state index in [0.717, 1.165) is 32.5 Å². The summed E-state index contributed by atoms with van der Waals surface area (Å²) in [5, 5.41) is 3.16. The molecule has 3 fully saturated rings. The molecule has 1 aliphatic carbocycles. The summed E-state index contributed by atoms with van der Waals surface area (Å²) in [5.41, 5.74) is 0.300. The third-order valence-electron chi connectivity index (χ3n) is 5.79. The van der Waals surface area contributed by atoms with Gasteiger partial charge >= 0.3 is 6.03 Å². The third kappa shape index (κ3) is 3.40. The van der Waals surface area contributed by atoms with Crippen LogP contribution < -0.4 is 5.32 Å². The lowest BCUT2D eigenvalue weighted by atomic mass is 9.89. The van der Waals surface area contributed by atoms with Gasteiger partial charge in [0.1, 0.15) is 0 Å². The van der Waals surface area contributed by atoms with Gasteiger partial charge in [-0.1, -0.05) is 19.8 Å². The zero-order chi connectivity index (χ0) is 15.6. The van der Waals surface area contributed by atoms with Gasteiger partial charge in [-0.2, -0.15) is 0 Å². The molecule has 1 N–H and O–H groups in total. The van der Waals surface area contributed by atoms with Gasteiger partial charge in [-0.15, -0.1) is 0 Å². The number of urea groups is 1. The molecule has 3 aliphatic rings. The van der Waals surface area contributed by atoms with Crippen LogP contribution in [0.2, 0.25) is 0 Å². The first-order chi connectivity index (χ1) is 10.5. The van der Waals surface area contributed by atoms with Gasteiger partial charge in [-0.3, -0.25) is 0 Å². The molecule has 0 aromatic rings. The number of hydrogen-bond donors (Lipinski definition) is 1. The molecule has 1 saturated carbocycles. The summed E-state index contributed by atoms with van der Waals surface area (Å²) in [6, 6.07) is 0.0828. The van der Waals surface area contributed by atoms with Crippen molar-refractivity contribution in [2.75, 3.05) is 32.8 Å². The third-order valence-corrected chi connectivity index (χ3v) is 5.79. The first kappa shape index (κ1) is 16.1. The number of likely N-dealkylation sites (tertiary alicyclic amines) is 1. The second-order valence-electron chi connectivity index (χ2n) is 7.67. The molecule has 5 nitrogen and oxygen atoms in total. The predicted octanol–water partition coefficient (Wildman–Crippen LogP) is 2.75. The van der Waals surface area contributed by atoms with Crippen LogP contribution in [0.15, 0.2) is 0 Å². The van der Waals surface area contributed by atoms with E-state index in [1.807, 2.05) is 11.8 Å². The van der Waals surface area contributed by atoms with Crippen LogP contribution in [0, 0.1) is 11.3 Å². The highest BCUT2D eigenvalue weighted by Crippen LogP contribution is 2.37. The molecule has 22 heavy (non-hydrogen) atoms. The summed E-state index contributed by atoms with van der Waals surface area (Å²) in [6.45, 7) is 8.02. The SMILES string of the molecule is CC1(CNC(=O)N2CCC[C@H](C3(C)OCCO3)C2)CCCC1. The molecule has 2 saturated heterocycles. The highest BCUT2D eigenvalue weighted by Gasteiger charge is 2.42. The van der Waals surface area contributed by atoms with E-state index in [2.05, 4.69) is 12.2 Å². The predicted molar refractivity (Wildman–Crippen MR) is 84.6 cm³/mol. The quantitative estimate of drug-likeness (QED) is 0.872. The summed E-state index contributed by atoms with van der Waals surface area (Å²) in [7, 11) is 0. The molecule has 3 rings (SSSR count). The summed E-state index contributed by atoms with van der Waals surface area (Å²) in [4.78, 5) is 14.4. The topological polar surface area (TPSA) is 50.8 Å². The lowest BCUT2D eigenvalue weighted by Gasteiger charge is -2.40. The normalized spacial score (nSPS) is 30.5. The number of carbonyl (C=O) groups excluding carboxylic acids is 1. The van der Waals surface area contributed by atoms with Gasteiger partial charge in [0.25, 0.3) is 0 Å². The maximum atomic E-state index is 12.5. The second kappa shape index (κ2) is 6.36. The summed E-state index contributed by atoms with van der Waals surface area (Å²) < 4.78 is 11.6. The summed E-state index contributed by atoms with van der Waals surface area (Å²) in [6.07, 6.45) is 7.15. The summed E-state index contributed by atoms with van der Waals surface area (Å²) in [5.74, 6) is -0.229. The van der Waals surface area contributed by atoms with Crippen LogP contribution in [0.3, 0.4) is 0 Å². The fourth-order valence-corrected chi connectivity index (χ4v) is 4.16. The number of rotatable bonds is 3. The van der Waals surface area contributed by atoms with E-state index in [-0.39, 0.29) is 11.9 Å².